The minimum absolute atomic E-state index is 0.0650. The zero-order chi connectivity index (χ0) is 10.4. The Bertz CT molecular complexity index is 190. The van der Waals surface area contributed by atoms with E-state index in [0.29, 0.717) is 0 Å². The Kier molecular flexibility index (Phi) is 5.06. The molecule has 0 aliphatic rings. The summed E-state index contributed by atoms with van der Waals surface area (Å²) in [5, 5.41) is 13.5. The highest BCUT2D eigenvalue weighted by molar-refractivity contribution is 6.35. The van der Waals surface area contributed by atoms with Gasteiger partial charge in [-0.2, -0.15) is 0 Å². The van der Waals surface area contributed by atoms with Crippen LogP contribution >= 0.6 is 0 Å². The molecule has 0 saturated carbocycles. The normalized spacial score (nSPS) is 12.4. The minimum Gasteiger partial charge on any atom is -0.392 e. The molecule has 0 spiro atoms. The number of hydrogen-bond acceptors (Lipinski definition) is 3. The van der Waals surface area contributed by atoms with E-state index >= 15 is 0 Å². The summed E-state index contributed by atoms with van der Waals surface area (Å²) in [7, 11) is 0. The molecule has 0 heterocycles. The third-order valence-corrected chi connectivity index (χ3v) is 1.18. The zero-order valence-electron chi connectivity index (χ0n) is 8.13. The van der Waals surface area contributed by atoms with Gasteiger partial charge in [-0.3, -0.25) is 9.59 Å². The Morgan fingerprint density at radius 3 is 2.15 bits per heavy atom. The van der Waals surface area contributed by atoms with E-state index in [2.05, 4.69) is 10.6 Å². The Labute approximate surface area is 77.5 Å². The first-order valence-corrected chi connectivity index (χ1v) is 4.20. The molecular formula is C8H16N2O3. The average Bonchev–Trinajstić information content (AvgIpc) is 1.98. The van der Waals surface area contributed by atoms with Crippen LogP contribution in [-0.2, 0) is 9.59 Å². The van der Waals surface area contributed by atoms with Gasteiger partial charge in [0, 0.05) is 12.6 Å². The molecule has 5 nitrogen and oxygen atoms in total. The summed E-state index contributed by atoms with van der Waals surface area (Å²) >= 11 is 0. The van der Waals surface area contributed by atoms with Crippen molar-refractivity contribution in [3.63, 3.8) is 0 Å². The molecule has 1 atom stereocenters. The number of carbonyl (C=O) groups excluding carboxylic acids is 2. The van der Waals surface area contributed by atoms with Gasteiger partial charge in [-0.1, -0.05) is 0 Å². The summed E-state index contributed by atoms with van der Waals surface area (Å²) in [6, 6.07) is -0.0650. The van der Waals surface area contributed by atoms with Crippen molar-refractivity contribution in [3.05, 3.63) is 0 Å². The maximum absolute atomic E-state index is 11.0. The average molecular weight is 188 g/mol. The first kappa shape index (κ1) is 11.9. The molecule has 0 unspecified atom stereocenters. The number of amides is 2. The second kappa shape index (κ2) is 5.53. The van der Waals surface area contributed by atoms with Crippen LogP contribution < -0.4 is 10.6 Å². The summed E-state index contributed by atoms with van der Waals surface area (Å²) in [5.41, 5.74) is 0. The van der Waals surface area contributed by atoms with Crippen LogP contribution in [0.4, 0.5) is 0 Å². The number of carbonyl (C=O) groups is 2. The third-order valence-electron chi connectivity index (χ3n) is 1.18. The maximum atomic E-state index is 11.0. The number of aliphatic hydroxyl groups excluding tert-OH is 1. The van der Waals surface area contributed by atoms with Crippen molar-refractivity contribution in [2.24, 2.45) is 0 Å². The molecule has 2 amide bonds. The van der Waals surface area contributed by atoms with Gasteiger partial charge in [0.05, 0.1) is 6.10 Å². The highest BCUT2D eigenvalue weighted by atomic mass is 16.3. The second-order valence-corrected chi connectivity index (χ2v) is 3.19. The number of rotatable bonds is 3. The van der Waals surface area contributed by atoms with E-state index < -0.39 is 17.9 Å². The lowest BCUT2D eigenvalue weighted by molar-refractivity contribution is -0.139. The molecule has 0 fully saturated rings. The van der Waals surface area contributed by atoms with Crippen LogP contribution in [0.5, 0.6) is 0 Å². The van der Waals surface area contributed by atoms with Gasteiger partial charge >= 0.3 is 11.8 Å². The quantitative estimate of drug-likeness (QED) is 0.497. The van der Waals surface area contributed by atoms with Gasteiger partial charge < -0.3 is 15.7 Å². The molecule has 3 N–H and O–H groups in total. The van der Waals surface area contributed by atoms with Crippen molar-refractivity contribution in [1.82, 2.24) is 10.6 Å². The molecule has 0 bridgehead atoms. The molecule has 0 aliphatic carbocycles. The van der Waals surface area contributed by atoms with E-state index in [1.807, 2.05) is 0 Å². The van der Waals surface area contributed by atoms with Gasteiger partial charge in [0.25, 0.3) is 0 Å². The number of nitrogens with one attached hydrogen (secondary N) is 2. The summed E-state index contributed by atoms with van der Waals surface area (Å²) in [6.07, 6.45) is -0.643. The Morgan fingerprint density at radius 1 is 1.23 bits per heavy atom. The summed E-state index contributed by atoms with van der Waals surface area (Å²) in [4.78, 5) is 21.9. The molecule has 76 valence electrons. The molecule has 0 radical (unpaired) electrons. The van der Waals surface area contributed by atoms with Crippen LogP contribution in [0.15, 0.2) is 0 Å². The van der Waals surface area contributed by atoms with Crippen molar-refractivity contribution >= 4 is 11.8 Å². The topological polar surface area (TPSA) is 78.4 Å². The minimum atomic E-state index is -0.713. The molecule has 0 saturated heterocycles. The van der Waals surface area contributed by atoms with Gasteiger partial charge in [0.1, 0.15) is 0 Å². The maximum Gasteiger partial charge on any atom is 0.309 e. The van der Waals surface area contributed by atoms with Crippen molar-refractivity contribution < 1.29 is 14.7 Å². The van der Waals surface area contributed by atoms with Crippen LogP contribution in [0.1, 0.15) is 20.8 Å². The first-order chi connectivity index (χ1) is 5.93. The Hall–Kier alpha value is -1.10. The molecule has 5 heteroatoms. The van der Waals surface area contributed by atoms with Crippen molar-refractivity contribution in [2.45, 2.75) is 32.9 Å². The summed E-state index contributed by atoms with van der Waals surface area (Å²) < 4.78 is 0. The SMILES string of the molecule is CC(C)NC(=O)C(=O)NC[C@H](C)O. The molecule has 0 aromatic rings. The number of hydrogen-bond donors (Lipinski definition) is 3. The lowest BCUT2D eigenvalue weighted by Gasteiger charge is -2.09. The molecular weight excluding hydrogens is 172 g/mol. The van der Waals surface area contributed by atoms with Crippen LogP contribution in [0.2, 0.25) is 0 Å². The zero-order valence-corrected chi connectivity index (χ0v) is 8.13. The van der Waals surface area contributed by atoms with E-state index in [-0.39, 0.29) is 12.6 Å². The monoisotopic (exact) mass is 188 g/mol. The molecule has 0 aromatic carbocycles. The summed E-state index contributed by atoms with van der Waals surface area (Å²) in [5.74, 6) is -1.38. The second-order valence-electron chi connectivity index (χ2n) is 3.19. The van der Waals surface area contributed by atoms with Gasteiger partial charge in [-0.05, 0) is 20.8 Å². The van der Waals surface area contributed by atoms with Crippen molar-refractivity contribution in [3.8, 4) is 0 Å². The van der Waals surface area contributed by atoms with E-state index in [1.165, 1.54) is 6.92 Å². The van der Waals surface area contributed by atoms with Crippen molar-refractivity contribution in [1.29, 1.82) is 0 Å². The highest BCUT2D eigenvalue weighted by Gasteiger charge is 2.13. The predicted molar refractivity (Wildman–Crippen MR) is 48.0 cm³/mol. The first-order valence-electron chi connectivity index (χ1n) is 4.20. The molecule has 0 aromatic heterocycles. The number of aliphatic hydroxyl groups is 1. The van der Waals surface area contributed by atoms with Crippen molar-refractivity contribution in [2.75, 3.05) is 6.54 Å². The van der Waals surface area contributed by atoms with Gasteiger partial charge in [-0.25, -0.2) is 0 Å². The standard InChI is InChI=1S/C8H16N2O3/c1-5(2)10-8(13)7(12)9-4-6(3)11/h5-6,11H,4H2,1-3H3,(H,9,12)(H,10,13)/t6-/m0/s1. The van der Waals surface area contributed by atoms with Gasteiger partial charge in [0.2, 0.25) is 0 Å². The van der Waals surface area contributed by atoms with Crippen LogP contribution in [0.3, 0.4) is 0 Å². The van der Waals surface area contributed by atoms with Gasteiger partial charge in [-0.15, -0.1) is 0 Å². The van der Waals surface area contributed by atoms with Crippen LogP contribution in [0.25, 0.3) is 0 Å². The van der Waals surface area contributed by atoms with E-state index in [4.69, 9.17) is 5.11 Å². The van der Waals surface area contributed by atoms with Gasteiger partial charge in [0.15, 0.2) is 0 Å². The molecule has 13 heavy (non-hydrogen) atoms. The Balaban J connectivity index is 3.77. The van der Waals surface area contributed by atoms with E-state index in [1.54, 1.807) is 13.8 Å². The molecule has 0 rings (SSSR count). The smallest absolute Gasteiger partial charge is 0.309 e. The van der Waals surface area contributed by atoms with E-state index in [9.17, 15) is 9.59 Å². The highest BCUT2D eigenvalue weighted by Crippen LogP contribution is 1.79. The fraction of sp³-hybridized carbons (Fsp3) is 0.750. The Morgan fingerprint density at radius 2 is 1.77 bits per heavy atom. The molecule has 0 aliphatic heterocycles. The van der Waals surface area contributed by atoms with Crippen LogP contribution in [-0.4, -0.2) is 35.6 Å². The fourth-order valence-corrected chi connectivity index (χ4v) is 0.648. The third kappa shape index (κ3) is 6.10. The van der Waals surface area contributed by atoms with E-state index in [0.717, 1.165) is 0 Å². The summed E-state index contributed by atoms with van der Waals surface area (Å²) in [6.45, 7) is 5.14. The fourth-order valence-electron chi connectivity index (χ4n) is 0.648. The predicted octanol–water partition coefficient (Wildman–Crippen LogP) is -0.992. The van der Waals surface area contributed by atoms with Crippen LogP contribution in [0, 0.1) is 0 Å². The largest absolute Gasteiger partial charge is 0.392 e. The lowest BCUT2D eigenvalue weighted by atomic mass is 10.3. The lowest BCUT2D eigenvalue weighted by Crippen LogP contribution is -2.44.